The van der Waals surface area contributed by atoms with E-state index in [-0.39, 0.29) is 80.1 Å². The molecule has 3 saturated heterocycles. The van der Waals surface area contributed by atoms with E-state index < -0.39 is 11.6 Å². The summed E-state index contributed by atoms with van der Waals surface area (Å²) in [5.41, 5.74) is 9.97. The Labute approximate surface area is 492 Å². The van der Waals surface area contributed by atoms with E-state index in [4.69, 9.17) is 31.5 Å². The fourth-order valence-corrected chi connectivity index (χ4v) is 12.2. The van der Waals surface area contributed by atoms with Crippen LogP contribution < -0.4 is 41.4 Å². The van der Waals surface area contributed by atoms with Gasteiger partial charge in [-0.3, -0.25) is 28.9 Å². The molecule has 0 spiro atoms. The lowest BCUT2D eigenvalue weighted by molar-refractivity contribution is -0.134. The van der Waals surface area contributed by atoms with Crippen LogP contribution in [0.15, 0.2) is 85.3 Å². The van der Waals surface area contributed by atoms with Crippen molar-refractivity contribution < 1.29 is 38.2 Å². The number of hydrogen-bond donors (Lipinski definition) is 6. The molecule has 83 heavy (non-hydrogen) atoms. The van der Waals surface area contributed by atoms with E-state index in [9.17, 15) is 24.0 Å². The zero-order valence-corrected chi connectivity index (χ0v) is 48.9. The third kappa shape index (κ3) is 16.3. The molecule has 4 fully saturated rings. The summed E-state index contributed by atoms with van der Waals surface area (Å²) < 4.78 is 17.0. The number of halogens is 1. The number of hydrogen-bond acceptors (Lipinski definition) is 14. The summed E-state index contributed by atoms with van der Waals surface area (Å²) in [5, 5.41) is 14.3. The Morgan fingerprint density at radius 3 is 2.41 bits per heavy atom. The third-order valence-electron chi connectivity index (χ3n) is 17.0. The fraction of sp³-hybridized carbons (Fsp3) is 0.532. The molecule has 446 valence electrons. The molecule has 5 amide bonds. The van der Waals surface area contributed by atoms with Crippen molar-refractivity contribution in [2.45, 2.75) is 108 Å². The number of rotatable bonds is 25. The van der Waals surface area contributed by atoms with Crippen LogP contribution in [0.25, 0.3) is 11.0 Å². The molecule has 3 atom stereocenters. The lowest BCUT2D eigenvalue weighted by Crippen LogP contribution is -2.60. The first-order valence-corrected chi connectivity index (χ1v) is 30.2. The molecule has 5 aromatic rings. The number of H-pyrrole nitrogens is 1. The predicted octanol–water partition coefficient (Wildman–Crippen LogP) is 6.11. The summed E-state index contributed by atoms with van der Waals surface area (Å²) in [4.78, 5) is 88.9. The normalized spacial score (nSPS) is 18.5. The Kier molecular flexibility index (Phi) is 21.7. The molecule has 1 unspecified atom stereocenters. The molecule has 20 nitrogen and oxygen atoms in total. The number of nitrogens with two attached hydrogens (primary N) is 1. The summed E-state index contributed by atoms with van der Waals surface area (Å²) in [5.74, 6) is 1.66. The van der Waals surface area contributed by atoms with Gasteiger partial charge in [-0.05, 0) is 105 Å². The van der Waals surface area contributed by atoms with Crippen LogP contribution in [0.1, 0.15) is 117 Å². The number of likely N-dealkylation sites (tertiary alicyclic amines) is 1. The number of carbonyl (C=O) groups excluding carboxylic acids is 5. The molecule has 4 aliphatic rings. The first-order valence-electron chi connectivity index (χ1n) is 29.8. The second-order valence-electron chi connectivity index (χ2n) is 22.5. The number of aromatic amines is 1. The van der Waals surface area contributed by atoms with Gasteiger partial charge in [0.15, 0.2) is 0 Å². The summed E-state index contributed by atoms with van der Waals surface area (Å²) in [7, 11) is 1.62. The lowest BCUT2D eigenvalue weighted by Gasteiger charge is -2.39. The number of methoxy groups -OCH3 is 1. The average molecular weight is 1160 g/mol. The van der Waals surface area contributed by atoms with Crippen LogP contribution in [0.4, 0.5) is 5.82 Å². The van der Waals surface area contributed by atoms with E-state index in [0.717, 1.165) is 84.2 Å². The van der Waals surface area contributed by atoms with Crippen molar-refractivity contribution in [2.75, 3.05) is 104 Å². The molecule has 9 rings (SSSR count). The van der Waals surface area contributed by atoms with Crippen LogP contribution in [0.3, 0.4) is 0 Å². The van der Waals surface area contributed by atoms with E-state index in [0.29, 0.717) is 108 Å². The van der Waals surface area contributed by atoms with Gasteiger partial charge in [0.2, 0.25) is 23.6 Å². The molecule has 3 aliphatic heterocycles. The van der Waals surface area contributed by atoms with Crippen molar-refractivity contribution in [3.8, 4) is 11.5 Å². The maximum atomic E-state index is 14.0. The number of fused-ring (bicyclic) bond motifs is 1. The topological polar surface area (TPSA) is 242 Å². The summed E-state index contributed by atoms with van der Waals surface area (Å²) in [6.07, 6.45) is 11.8. The van der Waals surface area contributed by atoms with Crippen molar-refractivity contribution in [3.05, 3.63) is 113 Å². The smallest absolute Gasteiger partial charge is 0.251 e. The molecule has 21 heteroatoms. The number of aromatic nitrogens is 3. The predicted molar refractivity (Wildman–Crippen MR) is 319 cm³/mol. The van der Waals surface area contributed by atoms with Gasteiger partial charge < -0.3 is 60.9 Å². The van der Waals surface area contributed by atoms with Gasteiger partial charge in [0.05, 0.1) is 56.9 Å². The van der Waals surface area contributed by atoms with E-state index in [1.807, 2.05) is 89.7 Å². The minimum Gasteiger partial charge on any atom is -0.497 e. The van der Waals surface area contributed by atoms with E-state index in [1.165, 1.54) is 0 Å². The highest BCUT2D eigenvalue weighted by atomic mass is 35.5. The Bertz CT molecular complexity index is 2960. The van der Waals surface area contributed by atoms with E-state index >= 15 is 0 Å². The van der Waals surface area contributed by atoms with Crippen LogP contribution in [0, 0.1) is 5.92 Å². The number of ether oxygens (including phenoxy) is 3. The number of carbonyl (C=O) groups is 5. The summed E-state index contributed by atoms with van der Waals surface area (Å²) in [6, 6.07) is 21.8. The standard InChI is InChI=1S/C62H83ClN12O8/c1-3-83-53-38-50(81-2)19-16-47(53)39-65-40-55(77)75-27-8-13-48(41-75)45-11-7-12-46(37-45)59(78)71-56(44-9-5-4-6-10-44)60(79)67-26-36-82-35-22-54(76)73-33-31-72(32-34-73)28-21-52(43-14-17-49(63)18-15-43)70-61(80)62(64)23-29-74(30-24-62)58-51-20-25-66-57(51)68-42-69-58/h7,11-12,14-20,25,37-38,42,44,48,52,56,65H,3-6,8-10,13,21-24,26-36,39-41,64H2,1-2H3,(H,67,79)(H,70,80)(H,71,78)(H,66,68,69)/t48?,52-,56-/m0/s1. The Balaban J connectivity index is 0.684. The van der Waals surface area contributed by atoms with Gasteiger partial charge in [0.1, 0.15) is 35.3 Å². The number of anilines is 1. The zero-order chi connectivity index (χ0) is 58.1. The second kappa shape index (κ2) is 29.6. The number of benzene rings is 3. The molecular weight excluding hydrogens is 1080 g/mol. The van der Waals surface area contributed by atoms with Gasteiger partial charge >= 0.3 is 0 Å². The monoisotopic (exact) mass is 1160 g/mol. The SMILES string of the molecule is CCOc1cc(OC)ccc1CNCC(=O)N1CCCC(c2cccc(C(=O)N[C@H](C(=O)NCCOCCC(=O)N3CCN(CC[C@H](NC(=O)C4(N)CCN(c5ncnc6[nH]ccc56)CC4)c4ccc(Cl)cc4)CC3)C3CCCCC3)c2)C1. The molecule has 1 saturated carbocycles. The number of nitrogens with zero attached hydrogens (tertiary/aromatic N) is 6. The van der Waals surface area contributed by atoms with Crippen LogP contribution >= 0.6 is 11.6 Å². The van der Waals surface area contributed by atoms with Crippen molar-refractivity contribution in [2.24, 2.45) is 11.7 Å². The zero-order valence-electron chi connectivity index (χ0n) is 48.2. The van der Waals surface area contributed by atoms with Gasteiger partial charge in [-0.2, -0.15) is 0 Å². The largest absolute Gasteiger partial charge is 0.497 e. The Hall–Kier alpha value is -6.84. The third-order valence-corrected chi connectivity index (χ3v) is 17.3. The maximum absolute atomic E-state index is 14.0. The fourth-order valence-electron chi connectivity index (χ4n) is 12.1. The second-order valence-corrected chi connectivity index (χ2v) is 22.9. The molecular formula is C62H83ClN12O8. The van der Waals surface area contributed by atoms with Crippen molar-refractivity contribution in [3.63, 3.8) is 0 Å². The quantitative estimate of drug-likeness (QED) is 0.0362. The first kappa shape index (κ1) is 60.7. The van der Waals surface area contributed by atoms with E-state index in [2.05, 4.69) is 46.0 Å². The van der Waals surface area contributed by atoms with Gasteiger partial charge in [0, 0.05) is 106 Å². The highest BCUT2D eigenvalue weighted by Gasteiger charge is 2.40. The number of nitrogens with one attached hydrogen (secondary N) is 5. The van der Waals surface area contributed by atoms with Gasteiger partial charge in [-0.25, -0.2) is 9.97 Å². The van der Waals surface area contributed by atoms with Crippen LogP contribution in [-0.4, -0.2) is 170 Å². The minimum atomic E-state index is -1.04. The number of amides is 5. The van der Waals surface area contributed by atoms with Gasteiger partial charge in [0.25, 0.3) is 5.91 Å². The minimum absolute atomic E-state index is 0.00894. The lowest BCUT2D eigenvalue weighted by atomic mass is 9.83. The first-order chi connectivity index (χ1) is 40.4. The Morgan fingerprint density at radius 2 is 1.64 bits per heavy atom. The highest BCUT2D eigenvalue weighted by Crippen LogP contribution is 2.32. The van der Waals surface area contributed by atoms with Crippen molar-refractivity contribution in [1.82, 2.24) is 50.9 Å². The van der Waals surface area contributed by atoms with Crippen LogP contribution in [-0.2, 0) is 30.5 Å². The number of piperidine rings is 2. The van der Waals surface area contributed by atoms with Gasteiger partial charge in [-0.15, -0.1) is 0 Å². The molecule has 2 aromatic heterocycles. The molecule has 0 bridgehead atoms. The van der Waals surface area contributed by atoms with Gasteiger partial charge in [-0.1, -0.05) is 61.2 Å². The Morgan fingerprint density at radius 1 is 0.843 bits per heavy atom. The van der Waals surface area contributed by atoms with Crippen molar-refractivity contribution in [1.29, 1.82) is 0 Å². The van der Waals surface area contributed by atoms with Crippen LogP contribution in [0.2, 0.25) is 5.02 Å². The molecule has 5 heterocycles. The van der Waals surface area contributed by atoms with E-state index in [1.54, 1.807) is 19.5 Å². The van der Waals surface area contributed by atoms with Crippen LogP contribution in [0.5, 0.6) is 11.5 Å². The molecule has 1 aliphatic carbocycles. The average Bonchev–Trinajstić information content (AvgIpc) is 4.26. The number of piperazine rings is 1. The molecule has 3 aromatic carbocycles. The summed E-state index contributed by atoms with van der Waals surface area (Å²) in [6.45, 7) is 9.47. The molecule has 0 radical (unpaired) electrons. The summed E-state index contributed by atoms with van der Waals surface area (Å²) >= 11 is 6.27. The highest BCUT2D eigenvalue weighted by molar-refractivity contribution is 6.30. The molecule has 7 N–H and O–H groups in total. The maximum Gasteiger partial charge on any atom is 0.251 e. The van der Waals surface area contributed by atoms with Crippen molar-refractivity contribution >= 4 is 58.0 Å².